The maximum absolute atomic E-state index is 11.9. The van der Waals surface area contributed by atoms with Gasteiger partial charge in [-0.2, -0.15) is 0 Å². The van der Waals surface area contributed by atoms with Gasteiger partial charge in [0.2, 0.25) is 0 Å². The highest BCUT2D eigenvalue weighted by Crippen LogP contribution is 2.21. The number of benzene rings is 1. The van der Waals surface area contributed by atoms with Crippen molar-refractivity contribution in [3.05, 3.63) is 35.9 Å². The average molecular weight is 277 g/mol. The molecule has 1 N–H and O–H groups in total. The fraction of sp³-hybridized carbons (Fsp3) is 0.588. The van der Waals surface area contributed by atoms with Gasteiger partial charge in [0, 0.05) is 6.04 Å². The molecular formula is C17H27NO2. The fourth-order valence-electron chi connectivity index (χ4n) is 2.32. The second-order valence-corrected chi connectivity index (χ2v) is 5.52. The Kier molecular flexibility index (Phi) is 7.31. The third kappa shape index (κ3) is 4.97. The Balaban J connectivity index is 2.85. The molecule has 3 heteroatoms. The molecule has 0 aliphatic carbocycles. The summed E-state index contributed by atoms with van der Waals surface area (Å²) in [5.41, 5.74) is 1.23. The van der Waals surface area contributed by atoms with Crippen molar-refractivity contribution in [3.63, 3.8) is 0 Å². The number of hydrogen-bond donors (Lipinski definition) is 1. The highest BCUT2D eigenvalue weighted by atomic mass is 16.5. The van der Waals surface area contributed by atoms with E-state index in [0.29, 0.717) is 0 Å². The van der Waals surface area contributed by atoms with Gasteiger partial charge in [0.05, 0.1) is 7.11 Å². The maximum Gasteiger partial charge on any atom is 0.323 e. The van der Waals surface area contributed by atoms with Gasteiger partial charge in [0.15, 0.2) is 0 Å². The molecule has 2 atom stereocenters. The number of carbonyl (C=O) groups excluding carboxylic acids is 1. The first-order valence-corrected chi connectivity index (χ1v) is 7.49. The van der Waals surface area contributed by atoms with E-state index < -0.39 is 0 Å². The zero-order chi connectivity index (χ0) is 15.0. The Hall–Kier alpha value is -1.35. The summed E-state index contributed by atoms with van der Waals surface area (Å²) in [6.07, 6.45) is 3.31. The van der Waals surface area contributed by atoms with E-state index in [1.165, 1.54) is 12.7 Å². The van der Waals surface area contributed by atoms with Gasteiger partial charge < -0.3 is 4.74 Å². The molecule has 112 valence electrons. The van der Waals surface area contributed by atoms with Crippen molar-refractivity contribution in [2.24, 2.45) is 5.92 Å². The van der Waals surface area contributed by atoms with Crippen LogP contribution in [0.4, 0.5) is 0 Å². The van der Waals surface area contributed by atoms with E-state index >= 15 is 0 Å². The van der Waals surface area contributed by atoms with Gasteiger partial charge in [-0.25, -0.2) is 0 Å². The number of ether oxygens (including phenoxy) is 1. The molecule has 0 spiro atoms. The molecule has 20 heavy (non-hydrogen) atoms. The number of carbonyl (C=O) groups is 1. The number of nitrogens with one attached hydrogen (secondary N) is 1. The fourth-order valence-corrected chi connectivity index (χ4v) is 2.32. The molecule has 0 amide bonds. The highest BCUT2D eigenvalue weighted by molar-refractivity contribution is 5.76. The monoisotopic (exact) mass is 277 g/mol. The van der Waals surface area contributed by atoms with Crippen LogP contribution in [0.5, 0.6) is 0 Å². The maximum atomic E-state index is 11.9. The Bertz CT molecular complexity index is 389. The second-order valence-electron chi connectivity index (χ2n) is 5.52. The van der Waals surface area contributed by atoms with Crippen molar-refractivity contribution in [1.29, 1.82) is 0 Å². The largest absolute Gasteiger partial charge is 0.468 e. The summed E-state index contributed by atoms with van der Waals surface area (Å²) in [4.78, 5) is 11.9. The van der Waals surface area contributed by atoms with Crippen LogP contribution in [0.1, 0.15) is 51.6 Å². The summed E-state index contributed by atoms with van der Waals surface area (Å²) in [5.74, 6) is 0.0210. The van der Waals surface area contributed by atoms with Crippen LogP contribution in [0, 0.1) is 5.92 Å². The molecule has 0 heterocycles. The second kappa shape index (κ2) is 8.75. The van der Waals surface area contributed by atoms with Gasteiger partial charge >= 0.3 is 5.97 Å². The molecule has 0 aliphatic rings. The lowest BCUT2D eigenvalue weighted by Gasteiger charge is -2.27. The molecule has 1 aromatic rings. The van der Waals surface area contributed by atoms with Crippen molar-refractivity contribution >= 4 is 5.97 Å². The first-order valence-electron chi connectivity index (χ1n) is 7.49. The molecule has 1 rings (SSSR count). The van der Waals surface area contributed by atoms with Crippen molar-refractivity contribution in [2.45, 2.75) is 52.1 Å². The van der Waals surface area contributed by atoms with E-state index in [2.05, 4.69) is 24.4 Å². The summed E-state index contributed by atoms with van der Waals surface area (Å²) >= 11 is 0. The van der Waals surface area contributed by atoms with Gasteiger partial charge in [-0.05, 0) is 17.9 Å². The van der Waals surface area contributed by atoms with E-state index in [0.717, 1.165) is 19.3 Å². The first-order chi connectivity index (χ1) is 9.60. The smallest absolute Gasteiger partial charge is 0.323 e. The van der Waals surface area contributed by atoms with Gasteiger partial charge in [0.25, 0.3) is 0 Å². The van der Waals surface area contributed by atoms with Crippen LogP contribution >= 0.6 is 0 Å². The lowest BCUT2D eigenvalue weighted by Crippen LogP contribution is -2.43. The molecule has 0 aromatic heterocycles. The number of rotatable bonds is 8. The zero-order valence-electron chi connectivity index (χ0n) is 13.1. The van der Waals surface area contributed by atoms with E-state index in [9.17, 15) is 4.79 Å². The summed E-state index contributed by atoms with van der Waals surface area (Å²) in [5, 5.41) is 3.48. The molecular weight excluding hydrogens is 250 g/mol. The van der Waals surface area contributed by atoms with Crippen LogP contribution in [0.15, 0.2) is 30.3 Å². The quantitative estimate of drug-likeness (QED) is 0.736. The summed E-state index contributed by atoms with van der Waals surface area (Å²) in [6.45, 7) is 6.26. The molecule has 2 unspecified atom stereocenters. The van der Waals surface area contributed by atoms with Crippen LogP contribution in [-0.4, -0.2) is 19.1 Å². The van der Waals surface area contributed by atoms with E-state index in [1.807, 2.05) is 32.0 Å². The van der Waals surface area contributed by atoms with Crippen LogP contribution in [0.2, 0.25) is 0 Å². The molecule has 0 saturated carbocycles. The van der Waals surface area contributed by atoms with Crippen molar-refractivity contribution < 1.29 is 9.53 Å². The summed E-state index contributed by atoms with van der Waals surface area (Å²) in [6, 6.07) is 10.3. The molecule has 0 fully saturated rings. The van der Waals surface area contributed by atoms with Crippen LogP contribution in [0.3, 0.4) is 0 Å². The third-order valence-electron chi connectivity index (χ3n) is 3.55. The third-order valence-corrected chi connectivity index (χ3v) is 3.55. The van der Waals surface area contributed by atoms with E-state index in [1.54, 1.807) is 0 Å². The van der Waals surface area contributed by atoms with Gasteiger partial charge in [-0.3, -0.25) is 10.1 Å². The first kappa shape index (κ1) is 16.7. The normalized spacial score (nSPS) is 14.1. The minimum Gasteiger partial charge on any atom is -0.468 e. The van der Waals surface area contributed by atoms with Crippen LogP contribution in [0.25, 0.3) is 0 Å². The van der Waals surface area contributed by atoms with Crippen molar-refractivity contribution in [1.82, 2.24) is 5.32 Å². The van der Waals surface area contributed by atoms with Crippen molar-refractivity contribution in [2.75, 3.05) is 7.11 Å². The van der Waals surface area contributed by atoms with Crippen LogP contribution < -0.4 is 5.32 Å². The SMILES string of the molecule is CCCCC(NC(C(=O)OC)C(C)C)c1ccccc1. The predicted octanol–water partition coefficient (Wildman–Crippen LogP) is 3.71. The Morgan fingerprint density at radius 2 is 1.90 bits per heavy atom. The lowest BCUT2D eigenvalue weighted by molar-refractivity contribution is -0.144. The Morgan fingerprint density at radius 3 is 2.40 bits per heavy atom. The molecule has 0 aliphatic heterocycles. The van der Waals surface area contributed by atoms with Gasteiger partial charge in [-0.15, -0.1) is 0 Å². The minimum absolute atomic E-state index is 0.183. The van der Waals surface area contributed by atoms with E-state index in [4.69, 9.17) is 4.74 Å². The van der Waals surface area contributed by atoms with Gasteiger partial charge in [0.1, 0.15) is 6.04 Å². The Labute approximate surface area is 122 Å². The number of unbranched alkanes of at least 4 members (excludes halogenated alkanes) is 1. The lowest BCUT2D eigenvalue weighted by atomic mass is 9.97. The number of esters is 1. The van der Waals surface area contributed by atoms with Gasteiger partial charge in [-0.1, -0.05) is 63.9 Å². The number of methoxy groups -OCH3 is 1. The molecule has 3 nitrogen and oxygen atoms in total. The average Bonchev–Trinajstić information content (AvgIpc) is 2.47. The molecule has 0 bridgehead atoms. The Morgan fingerprint density at radius 1 is 1.25 bits per heavy atom. The minimum atomic E-state index is -0.262. The molecule has 0 saturated heterocycles. The number of hydrogen-bond acceptors (Lipinski definition) is 3. The zero-order valence-corrected chi connectivity index (χ0v) is 13.1. The summed E-state index contributed by atoms with van der Waals surface area (Å²) < 4.78 is 4.91. The summed E-state index contributed by atoms with van der Waals surface area (Å²) in [7, 11) is 1.45. The topological polar surface area (TPSA) is 38.3 Å². The van der Waals surface area contributed by atoms with Crippen LogP contribution in [-0.2, 0) is 9.53 Å². The molecule has 0 radical (unpaired) electrons. The molecule has 1 aromatic carbocycles. The highest BCUT2D eigenvalue weighted by Gasteiger charge is 2.26. The van der Waals surface area contributed by atoms with E-state index in [-0.39, 0.29) is 24.0 Å². The standard InChI is InChI=1S/C17H27NO2/c1-5-6-12-15(14-10-8-7-9-11-14)18-16(13(2)3)17(19)20-4/h7-11,13,15-16,18H,5-6,12H2,1-4H3. The van der Waals surface area contributed by atoms with Crippen molar-refractivity contribution in [3.8, 4) is 0 Å². The predicted molar refractivity (Wildman–Crippen MR) is 82.5 cm³/mol.